The molecule has 1 aliphatic rings. The van der Waals surface area contributed by atoms with Crippen molar-refractivity contribution in [3.63, 3.8) is 0 Å². The van der Waals surface area contributed by atoms with E-state index < -0.39 is 33.6 Å². The second-order valence-electron chi connectivity index (χ2n) is 8.47. The Labute approximate surface area is 212 Å². The summed E-state index contributed by atoms with van der Waals surface area (Å²) in [5.74, 6) is 0.826. The molecule has 1 amide bonds. The molecule has 1 aliphatic heterocycles. The van der Waals surface area contributed by atoms with Gasteiger partial charge in [-0.3, -0.25) is 9.52 Å². The second kappa shape index (κ2) is 11.2. The number of sulfonamides is 1. The first-order chi connectivity index (χ1) is 17.3. The molecule has 1 aromatic heterocycles. The number of aromatic nitrogens is 1. The van der Waals surface area contributed by atoms with Crippen LogP contribution >= 0.6 is 0 Å². The summed E-state index contributed by atoms with van der Waals surface area (Å²) in [6.45, 7) is 2.12. The average molecular weight is 540 g/mol. The third-order valence-corrected chi connectivity index (χ3v) is 6.05. The molecule has 2 N–H and O–H groups in total. The van der Waals surface area contributed by atoms with Crippen LogP contribution in [-0.4, -0.2) is 63.7 Å². The Balaban J connectivity index is 1.76. The van der Waals surface area contributed by atoms with Gasteiger partial charge in [-0.15, -0.1) is 6.42 Å². The van der Waals surface area contributed by atoms with Crippen LogP contribution in [0.3, 0.4) is 0 Å². The highest BCUT2D eigenvalue weighted by molar-refractivity contribution is 7.92. The van der Waals surface area contributed by atoms with E-state index in [1.807, 2.05) is 16.7 Å². The first-order valence-corrected chi connectivity index (χ1v) is 12.9. The third kappa shape index (κ3) is 7.68. The zero-order valence-electron chi connectivity index (χ0n) is 20.1. The number of nitrogens with one attached hydrogen (secondary N) is 2. The van der Waals surface area contributed by atoms with E-state index in [4.69, 9.17) is 6.42 Å². The van der Waals surface area contributed by atoms with Gasteiger partial charge in [0.15, 0.2) is 0 Å². The van der Waals surface area contributed by atoms with Crippen LogP contribution in [-0.2, 0) is 27.5 Å². The number of anilines is 2. The second-order valence-corrected chi connectivity index (χ2v) is 10.2. The molecule has 2 aromatic rings. The third-order valence-electron chi connectivity index (χ3n) is 5.47. The van der Waals surface area contributed by atoms with Crippen molar-refractivity contribution in [3.05, 3.63) is 58.5 Å². The first kappa shape index (κ1) is 27.9. The molecule has 3 rings (SSSR count). The van der Waals surface area contributed by atoms with E-state index in [0.29, 0.717) is 31.7 Å². The number of hydrogen-bond acceptors (Lipinski definition) is 6. The minimum atomic E-state index is -4.61. The van der Waals surface area contributed by atoms with Crippen LogP contribution in [0.5, 0.6) is 0 Å². The van der Waals surface area contributed by atoms with Crippen molar-refractivity contribution in [2.45, 2.75) is 12.7 Å². The Morgan fingerprint density at radius 2 is 1.89 bits per heavy atom. The number of carbonyl (C=O) groups is 1. The normalized spacial score (nSPS) is 15.0. The van der Waals surface area contributed by atoms with Gasteiger partial charge >= 0.3 is 6.18 Å². The van der Waals surface area contributed by atoms with Gasteiger partial charge in [-0.1, -0.05) is 5.92 Å². The number of terminal acetylenes is 1. The number of piperazine rings is 1. The van der Waals surface area contributed by atoms with E-state index in [9.17, 15) is 30.8 Å². The number of pyridine rings is 1. The molecule has 13 heteroatoms. The number of halogens is 4. The molecular formula is C24H25F4N5O3S. The Morgan fingerprint density at radius 1 is 1.22 bits per heavy atom. The summed E-state index contributed by atoms with van der Waals surface area (Å²) in [5, 5.41) is 2.54. The maximum absolute atomic E-state index is 14.4. The maximum atomic E-state index is 14.4. The quantitative estimate of drug-likeness (QED) is 0.319. The predicted octanol–water partition coefficient (Wildman–Crippen LogP) is 2.67. The van der Waals surface area contributed by atoms with Crippen LogP contribution in [0, 0.1) is 18.2 Å². The number of likely N-dealkylation sites (N-methyl/N-ethyl adjacent to an activating group) is 1. The molecule has 0 saturated carbocycles. The van der Waals surface area contributed by atoms with Crippen molar-refractivity contribution in [1.29, 1.82) is 0 Å². The summed E-state index contributed by atoms with van der Waals surface area (Å²) < 4.78 is 79.1. The topological polar surface area (TPSA) is 94.6 Å². The molecule has 1 fully saturated rings. The molecule has 2 heterocycles. The van der Waals surface area contributed by atoms with Crippen LogP contribution < -0.4 is 14.9 Å². The smallest absolute Gasteiger partial charge is 0.354 e. The van der Waals surface area contributed by atoms with Crippen molar-refractivity contribution >= 4 is 33.5 Å². The number of hydrogen-bond donors (Lipinski definition) is 2. The molecule has 0 radical (unpaired) electrons. The van der Waals surface area contributed by atoms with Gasteiger partial charge in [-0.25, -0.2) is 17.8 Å². The van der Waals surface area contributed by atoms with Crippen LogP contribution in [0.25, 0.3) is 6.08 Å². The van der Waals surface area contributed by atoms with Crippen molar-refractivity contribution in [2.24, 2.45) is 0 Å². The summed E-state index contributed by atoms with van der Waals surface area (Å²) in [4.78, 5) is 20.0. The number of benzene rings is 1. The first-order valence-electron chi connectivity index (χ1n) is 11.0. The molecule has 0 unspecified atom stereocenters. The highest BCUT2D eigenvalue weighted by Crippen LogP contribution is 2.31. The van der Waals surface area contributed by atoms with Gasteiger partial charge in [0.05, 0.1) is 17.5 Å². The number of alkyl halides is 3. The number of nitrogens with zero attached hydrogens (tertiary/aromatic N) is 3. The lowest BCUT2D eigenvalue weighted by atomic mass is 10.1. The Kier molecular flexibility index (Phi) is 8.45. The van der Waals surface area contributed by atoms with Crippen molar-refractivity contribution in [1.82, 2.24) is 15.2 Å². The molecule has 0 bridgehead atoms. The van der Waals surface area contributed by atoms with E-state index in [1.165, 1.54) is 18.2 Å². The standard InChI is InChI=1S/C24H25F4N5O3S/c1-4-17-13-16(14-19(25)22(17)31-37(3,35)36)15-29-21(34)8-6-18-5-7-20(24(26,27)28)30-23(18)33-11-9-32(2)10-12-33/h1,5-8,13-14,31H,9-12,15H2,2-3H3,(H,29,34). The Morgan fingerprint density at radius 3 is 2.49 bits per heavy atom. The summed E-state index contributed by atoms with van der Waals surface area (Å²) >= 11 is 0. The summed E-state index contributed by atoms with van der Waals surface area (Å²) in [5.41, 5.74) is -0.822. The summed E-state index contributed by atoms with van der Waals surface area (Å²) in [6.07, 6.45) is 4.11. The number of carbonyl (C=O) groups excluding carboxylic acids is 1. The van der Waals surface area contributed by atoms with Gasteiger partial charge < -0.3 is 15.1 Å². The lowest BCUT2D eigenvalue weighted by Crippen LogP contribution is -2.45. The van der Waals surface area contributed by atoms with Gasteiger partial charge in [0, 0.05) is 44.4 Å². The van der Waals surface area contributed by atoms with Gasteiger partial charge in [-0.2, -0.15) is 13.2 Å². The monoisotopic (exact) mass is 539 g/mol. The van der Waals surface area contributed by atoms with E-state index in [2.05, 4.69) is 16.2 Å². The van der Waals surface area contributed by atoms with Gasteiger partial charge in [0.1, 0.15) is 17.3 Å². The minimum absolute atomic E-state index is 0.0436. The highest BCUT2D eigenvalue weighted by Gasteiger charge is 2.33. The zero-order valence-corrected chi connectivity index (χ0v) is 20.9. The number of rotatable bonds is 7. The molecule has 0 atom stereocenters. The van der Waals surface area contributed by atoms with E-state index >= 15 is 0 Å². The lowest BCUT2D eigenvalue weighted by Gasteiger charge is -2.34. The molecule has 1 aromatic carbocycles. The van der Waals surface area contributed by atoms with Gasteiger partial charge in [0.25, 0.3) is 0 Å². The fourth-order valence-corrected chi connectivity index (χ4v) is 4.18. The van der Waals surface area contributed by atoms with Crippen molar-refractivity contribution in [2.75, 3.05) is 49.1 Å². The highest BCUT2D eigenvalue weighted by atomic mass is 32.2. The fourth-order valence-electron chi connectivity index (χ4n) is 3.60. The van der Waals surface area contributed by atoms with Crippen LogP contribution in [0.4, 0.5) is 29.1 Å². The average Bonchev–Trinajstić information content (AvgIpc) is 2.82. The minimum Gasteiger partial charge on any atom is -0.354 e. The molecule has 37 heavy (non-hydrogen) atoms. The van der Waals surface area contributed by atoms with Crippen LogP contribution in [0.15, 0.2) is 30.3 Å². The van der Waals surface area contributed by atoms with Gasteiger partial charge in [-0.05, 0) is 43.0 Å². The largest absolute Gasteiger partial charge is 0.433 e. The molecule has 198 valence electrons. The summed E-state index contributed by atoms with van der Waals surface area (Å²) in [6, 6.07) is 4.50. The van der Waals surface area contributed by atoms with E-state index in [0.717, 1.165) is 24.5 Å². The van der Waals surface area contributed by atoms with Crippen LogP contribution in [0.2, 0.25) is 0 Å². The van der Waals surface area contributed by atoms with E-state index in [1.54, 1.807) is 4.90 Å². The number of amides is 1. The molecule has 0 spiro atoms. The lowest BCUT2D eigenvalue weighted by molar-refractivity contribution is -0.141. The molecule has 0 aliphatic carbocycles. The molecular weight excluding hydrogens is 514 g/mol. The summed E-state index contributed by atoms with van der Waals surface area (Å²) in [7, 11) is -1.85. The predicted molar refractivity (Wildman–Crippen MR) is 133 cm³/mol. The van der Waals surface area contributed by atoms with E-state index in [-0.39, 0.29) is 29.2 Å². The van der Waals surface area contributed by atoms with Crippen molar-refractivity contribution in [3.8, 4) is 12.3 Å². The fraction of sp³-hybridized carbons (Fsp3) is 0.333. The Hall–Kier alpha value is -3.63. The Bertz CT molecular complexity index is 1350. The molecule has 1 saturated heterocycles. The van der Waals surface area contributed by atoms with Crippen molar-refractivity contribution < 1.29 is 30.8 Å². The van der Waals surface area contributed by atoms with Gasteiger partial charge in [0.2, 0.25) is 15.9 Å². The SMILES string of the molecule is C#Cc1cc(CNC(=O)C=Cc2ccc(C(F)(F)F)nc2N2CCN(C)CC2)cc(F)c1NS(C)(=O)=O. The molecule has 8 nitrogen and oxygen atoms in total. The zero-order chi connectivity index (χ0) is 27.4. The maximum Gasteiger partial charge on any atom is 0.433 e. The van der Waals surface area contributed by atoms with Crippen LogP contribution in [0.1, 0.15) is 22.4 Å².